The molecule has 2 heterocycles. The van der Waals surface area contributed by atoms with Gasteiger partial charge < -0.3 is 5.73 Å². The molecule has 2 rings (SSSR count). The summed E-state index contributed by atoms with van der Waals surface area (Å²) in [5.74, 6) is 3.77. The van der Waals surface area contributed by atoms with Gasteiger partial charge in [-0.3, -0.25) is 4.68 Å². The van der Waals surface area contributed by atoms with Gasteiger partial charge in [-0.25, -0.2) is 0 Å². The lowest BCUT2D eigenvalue weighted by Gasteiger charge is -2.26. The molecule has 0 radical (unpaired) electrons. The first kappa shape index (κ1) is 12.3. The second-order valence-corrected chi connectivity index (χ2v) is 6.63. The van der Waals surface area contributed by atoms with E-state index in [-0.39, 0.29) is 0 Å². The van der Waals surface area contributed by atoms with Crippen LogP contribution in [0.2, 0.25) is 0 Å². The van der Waals surface area contributed by atoms with E-state index in [1.165, 1.54) is 23.0 Å². The van der Waals surface area contributed by atoms with Crippen LogP contribution < -0.4 is 5.73 Å². The fourth-order valence-corrected chi connectivity index (χ4v) is 4.76. The number of thioether (sulfide) groups is 2. The van der Waals surface area contributed by atoms with E-state index in [2.05, 4.69) is 11.2 Å². The molecule has 5 heteroatoms. The lowest BCUT2D eigenvalue weighted by molar-refractivity contribution is 0.586. The van der Waals surface area contributed by atoms with Gasteiger partial charge in [-0.2, -0.15) is 28.6 Å². The molecule has 0 saturated carbocycles. The Balaban J connectivity index is 1.78. The molecule has 1 fully saturated rings. The van der Waals surface area contributed by atoms with E-state index >= 15 is 0 Å². The number of aryl methyl sites for hydroxylation is 2. The first-order valence-corrected chi connectivity index (χ1v) is 7.89. The molecule has 1 saturated heterocycles. The van der Waals surface area contributed by atoms with Gasteiger partial charge in [0, 0.05) is 47.5 Å². The number of aromatic nitrogens is 2. The molecule has 1 aliphatic rings. The van der Waals surface area contributed by atoms with Gasteiger partial charge in [-0.05, 0) is 18.9 Å². The molecule has 0 amide bonds. The number of nitrogens with zero attached hydrogens (tertiary/aromatic N) is 2. The molecule has 0 spiro atoms. The van der Waals surface area contributed by atoms with Crippen LogP contribution in [0.1, 0.15) is 12.1 Å². The Bertz CT molecular complexity index is 321. The largest absolute Gasteiger partial charge is 0.327 e. The molecule has 2 unspecified atom stereocenters. The van der Waals surface area contributed by atoms with E-state index in [1.807, 2.05) is 41.5 Å². The van der Waals surface area contributed by atoms with E-state index in [0.717, 1.165) is 12.8 Å². The third-order valence-corrected chi connectivity index (χ3v) is 5.92. The minimum atomic E-state index is 0.327. The molecule has 3 nitrogen and oxygen atoms in total. The Labute approximate surface area is 106 Å². The normalized spacial score (nSPS) is 23.2. The van der Waals surface area contributed by atoms with E-state index in [4.69, 9.17) is 5.73 Å². The lowest BCUT2D eigenvalue weighted by Crippen LogP contribution is -2.36. The number of hydrogen-bond donors (Lipinski definition) is 1. The van der Waals surface area contributed by atoms with Crippen molar-refractivity contribution in [3.63, 3.8) is 0 Å². The minimum absolute atomic E-state index is 0.327. The summed E-state index contributed by atoms with van der Waals surface area (Å²) >= 11 is 4.08. The third-order valence-electron chi connectivity index (χ3n) is 2.98. The zero-order valence-electron chi connectivity index (χ0n) is 9.63. The summed E-state index contributed by atoms with van der Waals surface area (Å²) in [6.07, 6.45) is 3.96. The zero-order valence-corrected chi connectivity index (χ0v) is 11.3. The van der Waals surface area contributed by atoms with Crippen LogP contribution in [0.25, 0.3) is 0 Å². The van der Waals surface area contributed by atoms with Gasteiger partial charge in [0.25, 0.3) is 0 Å². The fourth-order valence-electron chi connectivity index (χ4n) is 1.90. The zero-order chi connectivity index (χ0) is 11.4. The highest BCUT2D eigenvalue weighted by molar-refractivity contribution is 8.06. The molecule has 0 aliphatic carbocycles. The van der Waals surface area contributed by atoms with Crippen LogP contribution in [0.15, 0.2) is 12.3 Å². The van der Waals surface area contributed by atoms with Gasteiger partial charge in [0.15, 0.2) is 0 Å². The molecule has 0 bridgehead atoms. The summed E-state index contributed by atoms with van der Waals surface area (Å²) in [5, 5.41) is 4.82. The summed E-state index contributed by atoms with van der Waals surface area (Å²) in [5.41, 5.74) is 7.53. The first-order valence-electron chi connectivity index (χ1n) is 5.69. The Morgan fingerprint density at radius 1 is 1.62 bits per heavy atom. The Hall–Kier alpha value is -0.130. The predicted molar refractivity (Wildman–Crippen MR) is 73.1 cm³/mol. The van der Waals surface area contributed by atoms with Crippen molar-refractivity contribution in [2.24, 2.45) is 12.8 Å². The van der Waals surface area contributed by atoms with Crippen molar-refractivity contribution < 1.29 is 0 Å². The quantitative estimate of drug-likeness (QED) is 0.888. The van der Waals surface area contributed by atoms with E-state index in [9.17, 15) is 0 Å². The average molecular weight is 257 g/mol. The highest BCUT2D eigenvalue weighted by atomic mass is 32.2. The molecule has 16 heavy (non-hydrogen) atoms. The van der Waals surface area contributed by atoms with Crippen LogP contribution in [-0.4, -0.2) is 38.3 Å². The van der Waals surface area contributed by atoms with Crippen molar-refractivity contribution in [2.75, 3.05) is 17.3 Å². The van der Waals surface area contributed by atoms with E-state index < -0.39 is 0 Å². The molecule has 1 aromatic heterocycles. The van der Waals surface area contributed by atoms with E-state index in [1.54, 1.807) is 0 Å². The maximum atomic E-state index is 6.25. The van der Waals surface area contributed by atoms with Crippen LogP contribution in [0, 0.1) is 0 Å². The predicted octanol–water partition coefficient (Wildman–Crippen LogP) is 1.53. The molecule has 1 aromatic rings. The molecule has 2 N–H and O–H groups in total. The van der Waals surface area contributed by atoms with Gasteiger partial charge in [0.05, 0.1) is 0 Å². The van der Waals surface area contributed by atoms with Crippen LogP contribution in [0.3, 0.4) is 0 Å². The van der Waals surface area contributed by atoms with E-state index in [0.29, 0.717) is 11.3 Å². The molecular weight excluding hydrogens is 238 g/mol. The number of hydrogen-bond acceptors (Lipinski definition) is 4. The average Bonchev–Trinajstić information content (AvgIpc) is 2.73. The minimum Gasteiger partial charge on any atom is -0.327 e. The summed E-state index contributed by atoms with van der Waals surface area (Å²) < 4.78 is 1.94. The van der Waals surface area contributed by atoms with Gasteiger partial charge in [0.2, 0.25) is 0 Å². The topological polar surface area (TPSA) is 43.8 Å². The maximum Gasteiger partial charge on any atom is 0.0492 e. The first-order chi connectivity index (χ1) is 7.77. The highest BCUT2D eigenvalue weighted by Crippen LogP contribution is 2.27. The smallest absolute Gasteiger partial charge is 0.0492 e. The Morgan fingerprint density at radius 3 is 3.12 bits per heavy atom. The summed E-state index contributed by atoms with van der Waals surface area (Å²) in [6, 6.07) is 2.41. The van der Waals surface area contributed by atoms with Crippen LogP contribution in [-0.2, 0) is 13.5 Å². The fraction of sp³-hybridized carbons (Fsp3) is 0.727. The maximum absolute atomic E-state index is 6.25. The van der Waals surface area contributed by atoms with Crippen molar-refractivity contribution in [2.45, 2.75) is 24.1 Å². The summed E-state index contributed by atoms with van der Waals surface area (Å²) in [4.78, 5) is 0. The van der Waals surface area contributed by atoms with Crippen molar-refractivity contribution in [1.82, 2.24) is 9.78 Å². The van der Waals surface area contributed by atoms with Gasteiger partial charge in [0.1, 0.15) is 0 Å². The summed E-state index contributed by atoms with van der Waals surface area (Å²) in [6.45, 7) is 0. The Morgan fingerprint density at radius 2 is 2.50 bits per heavy atom. The van der Waals surface area contributed by atoms with Crippen molar-refractivity contribution in [3.8, 4) is 0 Å². The number of rotatable bonds is 4. The monoisotopic (exact) mass is 257 g/mol. The van der Waals surface area contributed by atoms with Gasteiger partial charge in [-0.1, -0.05) is 0 Å². The van der Waals surface area contributed by atoms with Crippen molar-refractivity contribution in [3.05, 3.63) is 18.0 Å². The second-order valence-electron chi connectivity index (χ2n) is 4.13. The van der Waals surface area contributed by atoms with Crippen molar-refractivity contribution in [1.29, 1.82) is 0 Å². The molecular formula is C11H19N3S2. The van der Waals surface area contributed by atoms with Crippen LogP contribution in [0.5, 0.6) is 0 Å². The summed E-state index contributed by atoms with van der Waals surface area (Å²) in [7, 11) is 1.99. The Kier molecular flexibility index (Phi) is 4.61. The molecule has 90 valence electrons. The highest BCUT2D eigenvalue weighted by Gasteiger charge is 2.21. The lowest BCUT2D eigenvalue weighted by atomic mass is 10.1. The number of nitrogens with two attached hydrogens (primary N) is 1. The SMILES string of the molecule is Cn1nccc1CCC(N)C1CSCCS1. The molecule has 0 aromatic carbocycles. The molecule has 1 aliphatic heterocycles. The van der Waals surface area contributed by atoms with Crippen LogP contribution in [0.4, 0.5) is 0 Å². The third kappa shape index (κ3) is 3.18. The standard InChI is InChI=1S/C11H19N3S2/c1-14-9(4-5-13-14)2-3-10(12)11-8-15-6-7-16-11/h4-5,10-11H,2-3,6-8,12H2,1H3. The van der Waals surface area contributed by atoms with Gasteiger partial charge in [-0.15, -0.1) is 0 Å². The molecule has 2 atom stereocenters. The van der Waals surface area contributed by atoms with Crippen LogP contribution >= 0.6 is 23.5 Å². The van der Waals surface area contributed by atoms with Crippen molar-refractivity contribution >= 4 is 23.5 Å². The second kappa shape index (κ2) is 5.98. The van der Waals surface area contributed by atoms with Gasteiger partial charge >= 0.3 is 0 Å².